The third-order valence-electron chi connectivity index (χ3n) is 3.36. The highest BCUT2D eigenvalue weighted by atomic mass is 35.5. The Labute approximate surface area is 128 Å². The van der Waals surface area contributed by atoms with Gasteiger partial charge in [-0.15, -0.1) is 0 Å². The van der Waals surface area contributed by atoms with Crippen molar-refractivity contribution in [1.82, 2.24) is 5.32 Å². The summed E-state index contributed by atoms with van der Waals surface area (Å²) in [5.74, 6) is -0.785. The molecular formula is C15H18ClNO4. The van der Waals surface area contributed by atoms with Gasteiger partial charge in [0.15, 0.2) is 0 Å². The standard InChI is InChI=1S/C15H18ClNO4/c1-2-21-14-10(4-3-5-11(14)16)8-12(18)17-13(15(19)20)9-6-7-9/h3-5,9,13H,2,6-8H2,1H3,(H,17,18)(H,19,20). The van der Waals surface area contributed by atoms with E-state index < -0.39 is 12.0 Å². The minimum absolute atomic E-state index is 0.0480. The highest BCUT2D eigenvalue weighted by molar-refractivity contribution is 6.32. The lowest BCUT2D eigenvalue weighted by Crippen LogP contribution is -2.43. The molecule has 1 saturated carbocycles. The van der Waals surface area contributed by atoms with Crippen LogP contribution in [-0.4, -0.2) is 29.6 Å². The van der Waals surface area contributed by atoms with E-state index in [1.807, 2.05) is 6.92 Å². The fourth-order valence-corrected chi connectivity index (χ4v) is 2.46. The van der Waals surface area contributed by atoms with E-state index in [-0.39, 0.29) is 18.2 Å². The van der Waals surface area contributed by atoms with E-state index in [2.05, 4.69) is 5.32 Å². The van der Waals surface area contributed by atoms with Crippen molar-refractivity contribution in [3.63, 3.8) is 0 Å². The summed E-state index contributed by atoms with van der Waals surface area (Å²) in [5, 5.41) is 12.1. The van der Waals surface area contributed by atoms with E-state index in [1.165, 1.54) is 0 Å². The van der Waals surface area contributed by atoms with Crippen LogP contribution in [0.15, 0.2) is 18.2 Å². The van der Waals surface area contributed by atoms with Crippen LogP contribution >= 0.6 is 11.6 Å². The van der Waals surface area contributed by atoms with Crippen LogP contribution in [0.2, 0.25) is 5.02 Å². The number of halogens is 1. The number of para-hydroxylation sites is 1. The third kappa shape index (κ3) is 4.11. The molecule has 0 radical (unpaired) electrons. The number of hydrogen-bond donors (Lipinski definition) is 2. The SMILES string of the molecule is CCOc1c(Cl)cccc1CC(=O)NC(C(=O)O)C1CC1. The molecule has 1 aliphatic carbocycles. The number of hydrogen-bond acceptors (Lipinski definition) is 3. The van der Waals surface area contributed by atoms with Gasteiger partial charge in [-0.25, -0.2) is 4.79 Å². The molecule has 0 aliphatic heterocycles. The zero-order valence-corrected chi connectivity index (χ0v) is 12.5. The molecule has 1 aromatic carbocycles. The molecular weight excluding hydrogens is 294 g/mol. The molecule has 114 valence electrons. The minimum atomic E-state index is -0.984. The van der Waals surface area contributed by atoms with Gasteiger partial charge < -0.3 is 15.2 Å². The predicted octanol–water partition coefficient (Wildman–Crippen LogP) is 2.26. The molecule has 5 nitrogen and oxygen atoms in total. The number of carboxylic acids is 1. The van der Waals surface area contributed by atoms with Gasteiger partial charge in [-0.05, 0) is 31.7 Å². The largest absolute Gasteiger partial charge is 0.492 e. The number of amides is 1. The summed E-state index contributed by atoms with van der Waals surface area (Å²) in [5.41, 5.74) is 0.654. The molecule has 1 fully saturated rings. The van der Waals surface area contributed by atoms with Crippen LogP contribution < -0.4 is 10.1 Å². The lowest BCUT2D eigenvalue weighted by molar-refractivity contribution is -0.142. The lowest BCUT2D eigenvalue weighted by atomic mass is 10.1. The van der Waals surface area contributed by atoms with Crippen LogP contribution in [0.25, 0.3) is 0 Å². The summed E-state index contributed by atoms with van der Waals surface area (Å²) in [6.07, 6.45) is 1.74. The maximum atomic E-state index is 12.1. The van der Waals surface area contributed by atoms with Gasteiger partial charge in [0, 0.05) is 5.56 Å². The summed E-state index contributed by atoms with van der Waals surface area (Å²) in [4.78, 5) is 23.2. The van der Waals surface area contributed by atoms with Crippen LogP contribution in [0, 0.1) is 5.92 Å². The van der Waals surface area contributed by atoms with E-state index in [4.69, 9.17) is 21.4 Å². The maximum absolute atomic E-state index is 12.1. The minimum Gasteiger partial charge on any atom is -0.492 e. The average Bonchev–Trinajstić information content (AvgIpc) is 3.24. The van der Waals surface area contributed by atoms with E-state index in [1.54, 1.807) is 18.2 Å². The Hall–Kier alpha value is -1.75. The Bertz CT molecular complexity index is 542. The van der Waals surface area contributed by atoms with E-state index in [9.17, 15) is 9.59 Å². The lowest BCUT2D eigenvalue weighted by Gasteiger charge is -2.15. The summed E-state index contributed by atoms with van der Waals surface area (Å²) < 4.78 is 5.45. The summed E-state index contributed by atoms with van der Waals surface area (Å²) in [7, 11) is 0. The first-order valence-corrected chi connectivity index (χ1v) is 7.33. The van der Waals surface area contributed by atoms with Crippen molar-refractivity contribution in [3.8, 4) is 5.75 Å². The van der Waals surface area contributed by atoms with Gasteiger partial charge in [0.2, 0.25) is 5.91 Å². The van der Waals surface area contributed by atoms with Crippen LogP contribution in [0.5, 0.6) is 5.75 Å². The van der Waals surface area contributed by atoms with Crippen LogP contribution in [-0.2, 0) is 16.0 Å². The van der Waals surface area contributed by atoms with Crippen LogP contribution in [0.3, 0.4) is 0 Å². The predicted molar refractivity (Wildman–Crippen MR) is 78.6 cm³/mol. The van der Waals surface area contributed by atoms with E-state index in [0.29, 0.717) is 22.9 Å². The molecule has 1 amide bonds. The summed E-state index contributed by atoms with van der Waals surface area (Å²) in [6, 6.07) is 4.39. The van der Waals surface area contributed by atoms with Crippen molar-refractivity contribution < 1.29 is 19.4 Å². The van der Waals surface area contributed by atoms with Gasteiger partial charge in [0.1, 0.15) is 11.8 Å². The number of nitrogens with one attached hydrogen (secondary N) is 1. The maximum Gasteiger partial charge on any atom is 0.326 e. The molecule has 1 unspecified atom stereocenters. The van der Waals surface area contributed by atoms with Crippen molar-refractivity contribution in [3.05, 3.63) is 28.8 Å². The number of carboxylic acid groups (broad SMARTS) is 1. The molecule has 0 aromatic heterocycles. The third-order valence-corrected chi connectivity index (χ3v) is 3.66. The van der Waals surface area contributed by atoms with Gasteiger partial charge in [0.25, 0.3) is 0 Å². The number of benzene rings is 1. The second-order valence-electron chi connectivity index (χ2n) is 5.06. The van der Waals surface area contributed by atoms with Crippen molar-refractivity contribution in [1.29, 1.82) is 0 Å². The van der Waals surface area contributed by atoms with Gasteiger partial charge in [-0.2, -0.15) is 0 Å². The second-order valence-corrected chi connectivity index (χ2v) is 5.47. The van der Waals surface area contributed by atoms with Crippen molar-refractivity contribution in [2.75, 3.05) is 6.61 Å². The zero-order valence-electron chi connectivity index (χ0n) is 11.8. The molecule has 0 bridgehead atoms. The fourth-order valence-electron chi connectivity index (χ4n) is 2.21. The highest BCUT2D eigenvalue weighted by Gasteiger charge is 2.37. The number of rotatable bonds is 7. The highest BCUT2D eigenvalue weighted by Crippen LogP contribution is 2.33. The van der Waals surface area contributed by atoms with E-state index in [0.717, 1.165) is 12.8 Å². The average molecular weight is 312 g/mol. The Kier molecular flexibility index (Phi) is 5.07. The Morgan fingerprint density at radius 2 is 2.19 bits per heavy atom. The topological polar surface area (TPSA) is 75.6 Å². The molecule has 0 spiro atoms. The normalized spacial score (nSPS) is 15.3. The fraction of sp³-hybridized carbons (Fsp3) is 0.467. The molecule has 1 atom stereocenters. The molecule has 0 heterocycles. The first kappa shape index (κ1) is 15.6. The smallest absolute Gasteiger partial charge is 0.326 e. The number of carbonyl (C=O) groups is 2. The molecule has 1 aliphatic rings. The van der Waals surface area contributed by atoms with Crippen molar-refractivity contribution >= 4 is 23.5 Å². The number of carbonyl (C=O) groups excluding carboxylic acids is 1. The van der Waals surface area contributed by atoms with Gasteiger partial charge in [-0.3, -0.25) is 4.79 Å². The van der Waals surface area contributed by atoms with Gasteiger partial charge >= 0.3 is 5.97 Å². The quantitative estimate of drug-likeness (QED) is 0.810. The summed E-state index contributed by atoms with van der Waals surface area (Å²) in [6.45, 7) is 2.28. The Morgan fingerprint density at radius 1 is 1.48 bits per heavy atom. The molecule has 6 heteroatoms. The summed E-state index contributed by atoms with van der Waals surface area (Å²) >= 11 is 6.06. The van der Waals surface area contributed by atoms with Crippen molar-refractivity contribution in [2.45, 2.75) is 32.2 Å². The molecule has 21 heavy (non-hydrogen) atoms. The van der Waals surface area contributed by atoms with Gasteiger partial charge in [-0.1, -0.05) is 23.7 Å². The van der Waals surface area contributed by atoms with Gasteiger partial charge in [0.05, 0.1) is 18.1 Å². The second kappa shape index (κ2) is 6.80. The zero-order chi connectivity index (χ0) is 15.4. The molecule has 1 aromatic rings. The Morgan fingerprint density at radius 3 is 2.76 bits per heavy atom. The van der Waals surface area contributed by atoms with Crippen LogP contribution in [0.1, 0.15) is 25.3 Å². The number of ether oxygens (including phenoxy) is 1. The first-order chi connectivity index (χ1) is 10.0. The van der Waals surface area contributed by atoms with Crippen molar-refractivity contribution in [2.24, 2.45) is 5.92 Å². The first-order valence-electron chi connectivity index (χ1n) is 6.95. The monoisotopic (exact) mass is 311 g/mol. The molecule has 2 N–H and O–H groups in total. The number of aliphatic carboxylic acids is 1. The Balaban J connectivity index is 2.05. The molecule has 2 rings (SSSR count). The van der Waals surface area contributed by atoms with Crippen LogP contribution in [0.4, 0.5) is 0 Å². The van der Waals surface area contributed by atoms with E-state index >= 15 is 0 Å². The molecule has 0 saturated heterocycles.